The van der Waals surface area contributed by atoms with Crippen molar-refractivity contribution in [1.29, 1.82) is 0 Å². The lowest BCUT2D eigenvalue weighted by Gasteiger charge is -2.32. The van der Waals surface area contributed by atoms with Crippen LogP contribution in [0.1, 0.15) is 45.5 Å². The third-order valence-corrected chi connectivity index (χ3v) is 5.13. The van der Waals surface area contributed by atoms with Gasteiger partial charge in [0.25, 0.3) is 0 Å². The summed E-state index contributed by atoms with van der Waals surface area (Å²) in [7, 11) is 3.53. The molecular weight excluding hydrogens is 339 g/mol. The largest absolute Gasteiger partial charge is 0.507 e. The van der Waals surface area contributed by atoms with Gasteiger partial charge in [-0.2, -0.15) is 0 Å². The van der Waals surface area contributed by atoms with Crippen molar-refractivity contribution in [3.63, 3.8) is 0 Å². The fourth-order valence-corrected chi connectivity index (χ4v) is 2.90. The van der Waals surface area contributed by atoms with Crippen LogP contribution >= 0.6 is 0 Å². The number of phenols is 1. The topological polar surface area (TPSA) is 83.5 Å². The first-order valence-corrected chi connectivity index (χ1v) is 8.43. The van der Waals surface area contributed by atoms with Crippen LogP contribution in [0.5, 0.6) is 17.2 Å². The second kappa shape index (κ2) is 7.36. The van der Waals surface area contributed by atoms with E-state index in [1.165, 1.54) is 27.4 Å². The summed E-state index contributed by atoms with van der Waals surface area (Å²) in [6.07, 6.45) is -0.0381. The number of methoxy groups -OCH3 is 3. The molecule has 0 saturated carbocycles. The Hall–Kier alpha value is -1.93. The summed E-state index contributed by atoms with van der Waals surface area (Å²) in [6, 6.07) is 3.11. The zero-order valence-corrected chi connectivity index (χ0v) is 16.4. The number of carbonyl (C=O) groups is 1. The monoisotopic (exact) mass is 366 g/mol. The molecule has 0 amide bonds. The quantitative estimate of drug-likeness (QED) is 0.612. The molecule has 7 nitrogen and oxygen atoms in total. The molecule has 26 heavy (non-hydrogen) atoms. The fourth-order valence-electron chi connectivity index (χ4n) is 2.90. The summed E-state index contributed by atoms with van der Waals surface area (Å²) in [5.41, 5.74) is -0.750. The van der Waals surface area contributed by atoms with E-state index in [0.29, 0.717) is 17.1 Å². The van der Waals surface area contributed by atoms with Gasteiger partial charge >= 0.3 is 13.1 Å². The van der Waals surface area contributed by atoms with Crippen LogP contribution in [0.3, 0.4) is 0 Å². The summed E-state index contributed by atoms with van der Waals surface area (Å²) in [4.78, 5) is 12.0. The van der Waals surface area contributed by atoms with E-state index in [0.717, 1.165) is 0 Å². The van der Waals surface area contributed by atoms with Crippen molar-refractivity contribution in [1.82, 2.24) is 0 Å². The number of phenolic OH excluding ortho intramolecular Hbond substituents is 1. The average molecular weight is 366 g/mol. The van der Waals surface area contributed by atoms with Crippen LogP contribution in [-0.4, -0.2) is 50.7 Å². The maximum atomic E-state index is 12.0. The molecule has 1 unspecified atom stereocenters. The van der Waals surface area contributed by atoms with Gasteiger partial charge in [-0.05, 0) is 27.7 Å². The van der Waals surface area contributed by atoms with E-state index in [1.807, 2.05) is 27.7 Å². The molecule has 1 saturated heterocycles. The molecule has 1 aromatic carbocycles. The molecule has 1 aliphatic heterocycles. The summed E-state index contributed by atoms with van der Waals surface area (Å²) in [5, 5.41) is 10.6. The van der Waals surface area contributed by atoms with Crippen molar-refractivity contribution in [2.75, 3.05) is 21.3 Å². The predicted octanol–water partition coefficient (Wildman–Crippen LogP) is 2.69. The maximum Gasteiger partial charge on any atom is 0.466 e. The van der Waals surface area contributed by atoms with E-state index < -0.39 is 30.1 Å². The molecule has 1 aliphatic rings. The number of hydrogen-bond donors (Lipinski definition) is 1. The van der Waals surface area contributed by atoms with Gasteiger partial charge in [0.2, 0.25) is 0 Å². The second-order valence-corrected chi connectivity index (χ2v) is 7.27. The number of esters is 1. The minimum atomic E-state index is -0.757. The number of aromatic hydroxyl groups is 1. The lowest BCUT2D eigenvalue weighted by molar-refractivity contribution is -0.140. The Labute approximate surface area is 154 Å². The van der Waals surface area contributed by atoms with Crippen LogP contribution in [0.2, 0.25) is 0 Å². The standard InChI is InChI=1S/C18H27BO7/c1-17(2)18(3,4)26-19(25-17)12(10-15(21)24-7)16-13(20)8-11(22-5)9-14(16)23-6/h8-9,12,20H,10H2,1-7H3. The highest BCUT2D eigenvalue weighted by atomic mass is 16.7. The Balaban J connectivity index is 2.52. The molecule has 1 fully saturated rings. The molecule has 0 aromatic heterocycles. The Morgan fingerprint density at radius 2 is 1.69 bits per heavy atom. The van der Waals surface area contributed by atoms with Gasteiger partial charge in [0.05, 0.1) is 39.0 Å². The lowest BCUT2D eigenvalue weighted by Crippen LogP contribution is -2.41. The number of benzene rings is 1. The summed E-state index contributed by atoms with van der Waals surface area (Å²) in [6.45, 7) is 7.70. The molecule has 144 valence electrons. The van der Waals surface area contributed by atoms with Crippen LogP contribution in [0.15, 0.2) is 12.1 Å². The fraction of sp³-hybridized carbons (Fsp3) is 0.611. The van der Waals surface area contributed by atoms with Crippen LogP contribution < -0.4 is 9.47 Å². The first kappa shape index (κ1) is 20.4. The lowest BCUT2D eigenvalue weighted by atomic mass is 9.65. The minimum absolute atomic E-state index is 0.0381. The van der Waals surface area contributed by atoms with Gasteiger partial charge in [-0.25, -0.2) is 0 Å². The van der Waals surface area contributed by atoms with E-state index in [4.69, 9.17) is 23.5 Å². The number of carbonyl (C=O) groups excluding carboxylic acids is 1. The van der Waals surface area contributed by atoms with E-state index >= 15 is 0 Å². The first-order chi connectivity index (χ1) is 12.1. The summed E-state index contributed by atoms with van der Waals surface area (Å²) in [5.74, 6) is -0.310. The van der Waals surface area contributed by atoms with E-state index in [2.05, 4.69) is 0 Å². The number of rotatable bonds is 6. The van der Waals surface area contributed by atoms with Gasteiger partial charge in [0, 0.05) is 23.5 Å². The van der Waals surface area contributed by atoms with Gasteiger partial charge < -0.3 is 28.6 Å². The molecule has 1 heterocycles. The Kier molecular flexibility index (Phi) is 5.77. The molecule has 0 spiro atoms. The van der Waals surface area contributed by atoms with Crippen LogP contribution in [0, 0.1) is 0 Å². The Morgan fingerprint density at radius 1 is 1.12 bits per heavy atom. The maximum absolute atomic E-state index is 12.0. The van der Waals surface area contributed by atoms with Gasteiger partial charge in [-0.1, -0.05) is 0 Å². The summed E-state index contributed by atoms with van der Waals surface area (Å²) < 4.78 is 27.6. The van der Waals surface area contributed by atoms with Crippen molar-refractivity contribution in [3.8, 4) is 17.2 Å². The van der Waals surface area contributed by atoms with Crippen LogP contribution in [0.4, 0.5) is 0 Å². The highest BCUT2D eigenvalue weighted by Gasteiger charge is 2.55. The predicted molar refractivity (Wildman–Crippen MR) is 96.7 cm³/mol. The molecule has 0 bridgehead atoms. The van der Waals surface area contributed by atoms with Gasteiger partial charge in [-0.15, -0.1) is 0 Å². The number of ether oxygens (including phenoxy) is 3. The van der Waals surface area contributed by atoms with Gasteiger partial charge in [0.15, 0.2) is 0 Å². The van der Waals surface area contributed by atoms with Crippen LogP contribution in [-0.2, 0) is 18.8 Å². The molecular formula is C18H27BO7. The minimum Gasteiger partial charge on any atom is -0.507 e. The highest BCUT2D eigenvalue weighted by Crippen LogP contribution is 2.46. The summed E-state index contributed by atoms with van der Waals surface area (Å²) >= 11 is 0. The molecule has 1 aromatic rings. The highest BCUT2D eigenvalue weighted by molar-refractivity contribution is 6.48. The second-order valence-electron chi connectivity index (χ2n) is 7.27. The normalized spacial score (nSPS) is 19.1. The van der Waals surface area contributed by atoms with E-state index in [1.54, 1.807) is 6.07 Å². The smallest absolute Gasteiger partial charge is 0.466 e. The zero-order chi connectivity index (χ0) is 19.7. The van der Waals surface area contributed by atoms with Crippen LogP contribution in [0.25, 0.3) is 0 Å². The molecule has 0 radical (unpaired) electrons. The molecule has 1 atom stereocenters. The Morgan fingerprint density at radius 3 is 2.15 bits per heavy atom. The molecule has 8 heteroatoms. The number of hydrogen-bond acceptors (Lipinski definition) is 7. The molecule has 1 N–H and O–H groups in total. The van der Waals surface area contributed by atoms with E-state index in [-0.39, 0.29) is 12.2 Å². The Bertz CT molecular complexity index is 656. The van der Waals surface area contributed by atoms with Gasteiger partial charge in [-0.3, -0.25) is 4.79 Å². The first-order valence-electron chi connectivity index (χ1n) is 8.43. The average Bonchev–Trinajstić information content (AvgIpc) is 2.79. The molecule has 2 rings (SSSR count). The zero-order valence-electron chi connectivity index (χ0n) is 16.4. The van der Waals surface area contributed by atoms with E-state index in [9.17, 15) is 9.90 Å². The molecule has 0 aliphatic carbocycles. The van der Waals surface area contributed by atoms with Crippen molar-refractivity contribution in [3.05, 3.63) is 17.7 Å². The third-order valence-electron chi connectivity index (χ3n) is 5.13. The van der Waals surface area contributed by atoms with Gasteiger partial charge in [0.1, 0.15) is 17.2 Å². The SMILES string of the molecule is COC(=O)CC(B1OC(C)(C)C(C)(C)O1)c1c(O)cc(OC)cc1OC. The van der Waals surface area contributed by atoms with Crippen molar-refractivity contribution < 1.29 is 33.4 Å². The van der Waals surface area contributed by atoms with Crippen molar-refractivity contribution in [2.24, 2.45) is 0 Å². The van der Waals surface area contributed by atoms with Crippen molar-refractivity contribution in [2.45, 2.75) is 51.1 Å². The van der Waals surface area contributed by atoms with Crippen molar-refractivity contribution >= 4 is 13.1 Å². The third kappa shape index (κ3) is 3.76.